The number of rotatable bonds is 3. The molecule has 0 unspecified atom stereocenters. The molecule has 2 heterocycles. The molecule has 0 spiro atoms. The highest BCUT2D eigenvalue weighted by atomic mass is 35.5. The molecule has 2 aliphatic rings. The molecule has 0 atom stereocenters. The van der Waals surface area contributed by atoms with Crippen LogP contribution in [0, 0.1) is 6.92 Å². The highest BCUT2D eigenvalue weighted by Crippen LogP contribution is 2.42. The number of nitrogens with zero attached hydrogens (tertiary/aromatic N) is 4. The van der Waals surface area contributed by atoms with Gasteiger partial charge in [0.25, 0.3) is 0 Å². The van der Waals surface area contributed by atoms with Gasteiger partial charge in [0.15, 0.2) is 5.82 Å². The molecular formula is C25H29ClN4. The molecule has 0 amide bonds. The minimum Gasteiger partial charge on any atom is -0.292 e. The molecule has 0 bridgehead atoms. The second-order valence-corrected chi connectivity index (χ2v) is 9.23. The van der Waals surface area contributed by atoms with Crippen LogP contribution >= 0.6 is 11.6 Å². The average Bonchev–Trinajstić information content (AvgIpc) is 3.10. The summed E-state index contributed by atoms with van der Waals surface area (Å²) in [4.78, 5) is 2.40. The van der Waals surface area contributed by atoms with Gasteiger partial charge in [0.05, 0.1) is 12.2 Å². The number of fused-ring (bicyclic) bond motifs is 3. The fourth-order valence-corrected chi connectivity index (χ4v) is 5.48. The quantitative estimate of drug-likeness (QED) is 0.520. The molecule has 5 heteroatoms. The lowest BCUT2D eigenvalue weighted by Crippen LogP contribution is -2.21. The molecule has 30 heavy (non-hydrogen) atoms. The van der Waals surface area contributed by atoms with E-state index in [1.807, 2.05) is 6.07 Å². The first-order valence-corrected chi connectivity index (χ1v) is 11.5. The SMILES string of the molecule is CCN1Cc2cc(Cl)ccc2-n2c(nnc2[C@H]2CC[C@H](c3ccccc3C)CC2)C1. The van der Waals surface area contributed by atoms with Gasteiger partial charge in [-0.3, -0.25) is 9.47 Å². The molecular weight excluding hydrogens is 392 g/mol. The predicted molar refractivity (Wildman–Crippen MR) is 121 cm³/mol. The van der Waals surface area contributed by atoms with Crippen LogP contribution in [0.25, 0.3) is 5.69 Å². The zero-order chi connectivity index (χ0) is 20.7. The summed E-state index contributed by atoms with van der Waals surface area (Å²) in [7, 11) is 0. The Balaban J connectivity index is 1.45. The molecule has 156 valence electrons. The lowest BCUT2D eigenvalue weighted by molar-refractivity contribution is 0.268. The Morgan fingerprint density at radius 3 is 2.50 bits per heavy atom. The van der Waals surface area contributed by atoms with E-state index in [-0.39, 0.29) is 0 Å². The highest BCUT2D eigenvalue weighted by Gasteiger charge is 2.31. The van der Waals surface area contributed by atoms with Crippen molar-refractivity contribution in [3.63, 3.8) is 0 Å². The summed E-state index contributed by atoms with van der Waals surface area (Å²) in [5, 5.41) is 10.2. The van der Waals surface area contributed by atoms with Crippen LogP contribution in [-0.4, -0.2) is 26.2 Å². The van der Waals surface area contributed by atoms with E-state index in [4.69, 9.17) is 16.7 Å². The largest absolute Gasteiger partial charge is 0.292 e. The Morgan fingerprint density at radius 1 is 0.967 bits per heavy atom. The van der Waals surface area contributed by atoms with Gasteiger partial charge in [0, 0.05) is 17.5 Å². The minimum absolute atomic E-state index is 0.461. The van der Waals surface area contributed by atoms with Gasteiger partial charge >= 0.3 is 0 Å². The molecule has 1 aliphatic carbocycles. The molecule has 1 saturated carbocycles. The van der Waals surface area contributed by atoms with Crippen LogP contribution < -0.4 is 0 Å². The van der Waals surface area contributed by atoms with Crippen LogP contribution in [0.3, 0.4) is 0 Å². The maximum Gasteiger partial charge on any atom is 0.151 e. The van der Waals surface area contributed by atoms with E-state index in [1.165, 1.54) is 35.2 Å². The average molecular weight is 421 g/mol. The smallest absolute Gasteiger partial charge is 0.151 e. The van der Waals surface area contributed by atoms with Gasteiger partial charge in [-0.15, -0.1) is 10.2 Å². The van der Waals surface area contributed by atoms with Crippen LogP contribution in [0.4, 0.5) is 0 Å². The third kappa shape index (κ3) is 3.57. The van der Waals surface area contributed by atoms with Crippen LogP contribution in [0.1, 0.15) is 72.8 Å². The molecule has 4 nitrogen and oxygen atoms in total. The Hall–Kier alpha value is -2.17. The van der Waals surface area contributed by atoms with Crippen LogP contribution in [0.2, 0.25) is 5.02 Å². The fraction of sp³-hybridized carbons (Fsp3) is 0.440. The van der Waals surface area contributed by atoms with E-state index in [9.17, 15) is 0 Å². The first-order chi connectivity index (χ1) is 14.6. The van der Waals surface area contributed by atoms with Crippen molar-refractivity contribution < 1.29 is 0 Å². The maximum absolute atomic E-state index is 6.34. The first-order valence-electron chi connectivity index (χ1n) is 11.1. The number of halogens is 1. The minimum atomic E-state index is 0.461. The zero-order valence-corrected chi connectivity index (χ0v) is 18.6. The van der Waals surface area contributed by atoms with E-state index in [1.54, 1.807) is 0 Å². The number of aromatic nitrogens is 3. The molecule has 0 saturated heterocycles. The lowest BCUT2D eigenvalue weighted by atomic mass is 9.77. The van der Waals surface area contributed by atoms with E-state index >= 15 is 0 Å². The Morgan fingerprint density at radius 2 is 1.73 bits per heavy atom. The lowest BCUT2D eigenvalue weighted by Gasteiger charge is -2.29. The normalized spacial score (nSPS) is 21.7. The zero-order valence-electron chi connectivity index (χ0n) is 17.8. The van der Waals surface area contributed by atoms with Crippen molar-refractivity contribution >= 4 is 11.6 Å². The summed E-state index contributed by atoms with van der Waals surface area (Å²) in [6.07, 6.45) is 4.76. The maximum atomic E-state index is 6.34. The van der Waals surface area contributed by atoms with Gasteiger partial charge in [0.1, 0.15) is 5.82 Å². The van der Waals surface area contributed by atoms with E-state index in [0.29, 0.717) is 11.8 Å². The molecule has 1 aliphatic heterocycles. The fourth-order valence-electron chi connectivity index (χ4n) is 5.29. The Bertz CT molecular complexity index is 1050. The summed E-state index contributed by atoms with van der Waals surface area (Å²) < 4.78 is 2.33. The molecule has 0 radical (unpaired) electrons. The number of aryl methyl sites for hydroxylation is 1. The molecule has 5 rings (SSSR count). The van der Waals surface area contributed by atoms with E-state index < -0.39 is 0 Å². The third-order valence-electron chi connectivity index (χ3n) is 6.96. The molecule has 1 fully saturated rings. The molecule has 3 aromatic rings. The van der Waals surface area contributed by atoms with Gasteiger partial charge in [-0.25, -0.2) is 0 Å². The number of benzene rings is 2. The van der Waals surface area contributed by atoms with Gasteiger partial charge in [0.2, 0.25) is 0 Å². The third-order valence-corrected chi connectivity index (χ3v) is 7.20. The first kappa shape index (κ1) is 19.8. The Labute approximate surface area is 183 Å². The number of hydrogen-bond donors (Lipinski definition) is 0. The topological polar surface area (TPSA) is 34.0 Å². The van der Waals surface area contributed by atoms with Gasteiger partial charge in [-0.1, -0.05) is 42.8 Å². The summed E-state index contributed by atoms with van der Waals surface area (Å²) >= 11 is 6.34. The summed E-state index contributed by atoms with van der Waals surface area (Å²) in [5.74, 6) is 3.31. The van der Waals surface area contributed by atoms with Crippen molar-refractivity contribution in [2.45, 2.75) is 64.5 Å². The van der Waals surface area contributed by atoms with Gasteiger partial charge in [-0.2, -0.15) is 0 Å². The highest BCUT2D eigenvalue weighted by molar-refractivity contribution is 6.30. The summed E-state index contributed by atoms with van der Waals surface area (Å²) in [6.45, 7) is 7.14. The van der Waals surface area contributed by atoms with Crippen LogP contribution in [0.15, 0.2) is 42.5 Å². The second kappa shape index (κ2) is 8.16. The van der Waals surface area contributed by atoms with Crippen molar-refractivity contribution in [2.24, 2.45) is 0 Å². The van der Waals surface area contributed by atoms with Crippen molar-refractivity contribution in [3.05, 3.63) is 75.8 Å². The second-order valence-electron chi connectivity index (χ2n) is 8.79. The molecule has 1 aromatic heterocycles. The van der Waals surface area contributed by atoms with Crippen LogP contribution in [0.5, 0.6) is 0 Å². The summed E-state index contributed by atoms with van der Waals surface area (Å²) in [6, 6.07) is 15.1. The van der Waals surface area contributed by atoms with Crippen molar-refractivity contribution in [1.82, 2.24) is 19.7 Å². The monoisotopic (exact) mass is 420 g/mol. The molecule has 0 N–H and O–H groups in total. The van der Waals surface area contributed by atoms with Crippen molar-refractivity contribution in [2.75, 3.05) is 6.54 Å². The van der Waals surface area contributed by atoms with Crippen molar-refractivity contribution in [3.8, 4) is 5.69 Å². The van der Waals surface area contributed by atoms with Gasteiger partial charge in [-0.05, 0) is 80.0 Å². The van der Waals surface area contributed by atoms with Gasteiger partial charge < -0.3 is 0 Å². The van der Waals surface area contributed by atoms with E-state index in [2.05, 4.69) is 64.8 Å². The predicted octanol–water partition coefficient (Wildman–Crippen LogP) is 6.01. The summed E-state index contributed by atoms with van der Waals surface area (Å²) in [5.41, 5.74) is 5.40. The Kier molecular flexibility index (Phi) is 5.38. The van der Waals surface area contributed by atoms with Crippen LogP contribution in [-0.2, 0) is 13.1 Å². The molecule has 2 aromatic carbocycles. The standard InChI is InChI=1S/C25H29ClN4/c1-3-29-15-20-14-21(26)12-13-23(20)30-24(16-29)27-28-25(30)19-10-8-18(9-11-19)22-7-5-4-6-17(22)2/h4-7,12-14,18-19H,3,8-11,15-16H2,1-2H3/t18-,19-. The van der Waals surface area contributed by atoms with E-state index in [0.717, 1.165) is 49.1 Å². The number of hydrogen-bond acceptors (Lipinski definition) is 3. The van der Waals surface area contributed by atoms with Crippen molar-refractivity contribution in [1.29, 1.82) is 0 Å².